The number of fused-ring (bicyclic) bond motifs is 3. The Bertz CT molecular complexity index is 575. The topological polar surface area (TPSA) is 38.7 Å². The van der Waals surface area contributed by atoms with Crippen LogP contribution in [0.4, 0.5) is 0 Å². The molecule has 3 heteroatoms. The molecule has 0 aromatic carbocycles. The highest BCUT2D eigenvalue weighted by atomic mass is 16.7. The number of rotatable bonds is 1. The molecule has 2 aliphatic carbocycles. The van der Waals surface area contributed by atoms with Crippen LogP contribution < -0.4 is 0 Å². The van der Waals surface area contributed by atoms with Crippen molar-refractivity contribution in [3.63, 3.8) is 0 Å². The summed E-state index contributed by atoms with van der Waals surface area (Å²) >= 11 is 0. The van der Waals surface area contributed by atoms with E-state index in [1.54, 1.807) is 0 Å². The van der Waals surface area contributed by atoms with Crippen LogP contribution in [-0.4, -0.2) is 33.6 Å². The summed E-state index contributed by atoms with van der Waals surface area (Å²) < 4.78 is 13.3. The largest absolute Gasteiger partial charge is 0.389 e. The summed E-state index contributed by atoms with van der Waals surface area (Å²) in [5, 5.41) is 11.5. The first-order valence-corrected chi connectivity index (χ1v) is 9.70. The molecule has 3 nitrogen and oxygen atoms in total. The first kappa shape index (κ1) is 15.2. The fourth-order valence-corrected chi connectivity index (χ4v) is 7.64. The van der Waals surface area contributed by atoms with Crippen LogP contribution in [0.2, 0.25) is 0 Å². The van der Waals surface area contributed by atoms with Crippen molar-refractivity contribution in [1.29, 1.82) is 0 Å². The number of ether oxygens (including phenoxy) is 2. The lowest BCUT2D eigenvalue weighted by molar-refractivity contribution is -0.360. The van der Waals surface area contributed by atoms with Gasteiger partial charge in [-0.25, -0.2) is 0 Å². The van der Waals surface area contributed by atoms with Gasteiger partial charge < -0.3 is 14.6 Å². The Morgan fingerprint density at radius 3 is 2.43 bits per heavy atom. The average Bonchev–Trinajstić information content (AvgIpc) is 2.71. The molecule has 2 saturated carbocycles. The van der Waals surface area contributed by atoms with E-state index in [9.17, 15) is 5.11 Å². The number of hydrogen-bond acceptors (Lipinski definition) is 3. The van der Waals surface area contributed by atoms with Crippen molar-refractivity contribution in [3.8, 4) is 0 Å². The van der Waals surface area contributed by atoms with Gasteiger partial charge in [0.2, 0.25) is 0 Å². The molecule has 5 fully saturated rings. The first-order valence-electron chi connectivity index (χ1n) is 9.70. The maximum absolute atomic E-state index is 11.5. The number of aliphatic hydroxyl groups is 1. The Hall–Kier alpha value is -0.120. The molecule has 2 bridgehead atoms. The highest BCUT2D eigenvalue weighted by Gasteiger charge is 2.83. The second-order valence-electron chi connectivity index (χ2n) is 10.4. The van der Waals surface area contributed by atoms with E-state index in [2.05, 4.69) is 34.6 Å². The molecule has 0 amide bonds. The van der Waals surface area contributed by atoms with Gasteiger partial charge in [0.15, 0.2) is 0 Å². The summed E-state index contributed by atoms with van der Waals surface area (Å²) in [6, 6.07) is 0. The van der Waals surface area contributed by atoms with Gasteiger partial charge >= 0.3 is 0 Å². The zero-order valence-corrected chi connectivity index (χ0v) is 15.3. The summed E-state index contributed by atoms with van der Waals surface area (Å²) in [5.41, 5.74) is -0.568. The predicted octanol–water partition coefficient (Wildman–Crippen LogP) is 3.68. The third-order valence-corrected chi connectivity index (χ3v) is 9.17. The van der Waals surface area contributed by atoms with E-state index in [1.807, 2.05) is 0 Å². The Morgan fingerprint density at radius 2 is 1.74 bits per heavy atom. The Kier molecular flexibility index (Phi) is 2.53. The Balaban J connectivity index is 1.61. The van der Waals surface area contributed by atoms with Crippen molar-refractivity contribution in [2.24, 2.45) is 23.2 Å². The lowest BCUT2D eigenvalue weighted by Gasteiger charge is -2.64. The van der Waals surface area contributed by atoms with Gasteiger partial charge in [0.05, 0.1) is 17.3 Å². The molecule has 3 saturated heterocycles. The van der Waals surface area contributed by atoms with Crippen LogP contribution in [0.1, 0.15) is 73.1 Å². The van der Waals surface area contributed by atoms with Gasteiger partial charge in [0.25, 0.3) is 0 Å². The van der Waals surface area contributed by atoms with Crippen LogP contribution in [0.5, 0.6) is 0 Å². The minimum absolute atomic E-state index is 0.0196. The molecule has 5 aliphatic rings. The van der Waals surface area contributed by atoms with E-state index < -0.39 is 5.60 Å². The van der Waals surface area contributed by atoms with Crippen molar-refractivity contribution in [1.82, 2.24) is 0 Å². The highest BCUT2D eigenvalue weighted by molar-refractivity contribution is 5.31. The average molecular weight is 320 g/mol. The molecule has 8 atom stereocenters. The van der Waals surface area contributed by atoms with E-state index in [-0.39, 0.29) is 28.3 Å². The quantitative estimate of drug-likeness (QED) is 0.801. The van der Waals surface area contributed by atoms with Crippen molar-refractivity contribution in [2.45, 2.75) is 102 Å². The molecular weight excluding hydrogens is 288 g/mol. The minimum atomic E-state index is -0.531. The fourth-order valence-electron chi connectivity index (χ4n) is 7.64. The second kappa shape index (κ2) is 3.83. The van der Waals surface area contributed by atoms with Crippen LogP contribution in [0.25, 0.3) is 0 Å². The predicted molar refractivity (Wildman–Crippen MR) is 88.1 cm³/mol. The summed E-state index contributed by atoms with van der Waals surface area (Å²) in [6.45, 7) is 11.4. The lowest BCUT2D eigenvalue weighted by Crippen LogP contribution is -2.75. The molecule has 0 aromatic heterocycles. The van der Waals surface area contributed by atoms with Crippen LogP contribution in [0.3, 0.4) is 0 Å². The van der Waals surface area contributed by atoms with Crippen LogP contribution in [0.15, 0.2) is 0 Å². The Morgan fingerprint density at radius 1 is 1.00 bits per heavy atom. The maximum atomic E-state index is 11.5. The molecular formula is C20H32O3. The third-order valence-electron chi connectivity index (χ3n) is 9.17. The molecule has 1 N–H and O–H groups in total. The van der Waals surface area contributed by atoms with Crippen LogP contribution >= 0.6 is 0 Å². The zero-order chi connectivity index (χ0) is 16.5. The fraction of sp³-hybridized carbons (Fsp3) is 1.00. The Labute approximate surface area is 140 Å². The van der Waals surface area contributed by atoms with Crippen LogP contribution in [0, 0.1) is 23.2 Å². The van der Waals surface area contributed by atoms with Crippen molar-refractivity contribution < 1.29 is 14.6 Å². The normalized spacial score (nSPS) is 66.1. The molecule has 0 aromatic rings. The van der Waals surface area contributed by atoms with Gasteiger partial charge in [-0.3, -0.25) is 0 Å². The smallest absolute Gasteiger partial charge is 0.121 e. The molecule has 5 rings (SSSR count). The summed E-state index contributed by atoms with van der Waals surface area (Å²) in [5.74, 6) is 1.15. The molecule has 3 heterocycles. The molecule has 1 spiro atoms. The van der Waals surface area contributed by atoms with Gasteiger partial charge in [-0.2, -0.15) is 0 Å². The van der Waals surface area contributed by atoms with E-state index >= 15 is 0 Å². The standard InChI is InChI=1S/C20H32O3/c1-12(2)19(21)9-8-16(3)10-14-17(4)7-6-15-18(5,23-17)20(14,22-15)11-13(16)19/h12-15,21H,6-11H2,1-5H3/t13-,14-,15+,16-,17-,18-,19-,20-/m0/s1. The summed E-state index contributed by atoms with van der Waals surface area (Å²) in [7, 11) is 0. The SMILES string of the molecule is CC(C)[C@@]1(O)CC[C@@]2(C)C[C@@H]3[C@]4(C[C@@H]21)O[C@@H]1CC[C@]3(C)O[C@@]14C. The number of hydrogen-bond donors (Lipinski definition) is 1. The van der Waals surface area contributed by atoms with Crippen molar-refractivity contribution >= 4 is 0 Å². The highest BCUT2D eigenvalue weighted by Crippen LogP contribution is 2.75. The maximum Gasteiger partial charge on any atom is 0.121 e. The van der Waals surface area contributed by atoms with Crippen molar-refractivity contribution in [2.75, 3.05) is 0 Å². The van der Waals surface area contributed by atoms with Crippen LogP contribution in [-0.2, 0) is 9.47 Å². The molecule has 130 valence electrons. The van der Waals surface area contributed by atoms with Crippen molar-refractivity contribution in [3.05, 3.63) is 0 Å². The van der Waals surface area contributed by atoms with E-state index in [0.717, 1.165) is 38.5 Å². The molecule has 0 unspecified atom stereocenters. The van der Waals surface area contributed by atoms with Gasteiger partial charge in [-0.15, -0.1) is 0 Å². The van der Waals surface area contributed by atoms with Gasteiger partial charge in [-0.1, -0.05) is 20.8 Å². The summed E-state index contributed by atoms with van der Waals surface area (Å²) in [6.07, 6.45) is 6.80. The first-order chi connectivity index (χ1) is 10.6. The molecule has 23 heavy (non-hydrogen) atoms. The molecule has 0 radical (unpaired) electrons. The van der Waals surface area contributed by atoms with Gasteiger partial charge in [0, 0.05) is 5.92 Å². The summed E-state index contributed by atoms with van der Waals surface area (Å²) in [4.78, 5) is 0. The van der Waals surface area contributed by atoms with E-state index in [1.165, 1.54) is 0 Å². The minimum Gasteiger partial charge on any atom is -0.389 e. The van der Waals surface area contributed by atoms with E-state index in [0.29, 0.717) is 17.8 Å². The third kappa shape index (κ3) is 1.39. The van der Waals surface area contributed by atoms with Gasteiger partial charge in [0.1, 0.15) is 11.2 Å². The van der Waals surface area contributed by atoms with E-state index in [4.69, 9.17) is 9.47 Å². The lowest BCUT2D eigenvalue weighted by atomic mass is 9.51. The monoisotopic (exact) mass is 320 g/mol. The zero-order valence-electron chi connectivity index (χ0n) is 15.3. The second-order valence-corrected chi connectivity index (χ2v) is 10.4. The molecule has 3 aliphatic heterocycles. The van der Waals surface area contributed by atoms with Gasteiger partial charge in [-0.05, 0) is 69.6 Å².